The predicted octanol–water partition coefficient (Wildman–Crippen LogP) is 4.70. The van der Waals surface area contributed by atoms with E-state index >= 15 is 0 Å². The molecule has 1 saturated heterocycles. The molecule has 1 aliphatic rings. The van der Waals surface area contributed by atoms with Crippen LogP contribution in [0.1, 0.15) is 46.2 Å². The number of pyridine rings is 2. The number of nitrogens with zero attached hydrogens (tertiary/aromatic N) is 3. The van der Waals surface area contributed by atoms with Crippen LogP contribution in [0, 0.1) is 0 Å². The summed E-state index contributed by atoms with van der Waals surface area (Å²) in [5.41, 5.74) is 3.80. The number of rotatable bonds is 4. The highest BCUT2D eigenvalue weighted by Gasteiger charge is 2.31. The lowest BCUT2D eigenvalue weighted by molar-refractivity contribution is 0.0732. The van der Waals surface area contributed by atoms with Crippen LogP contribution in [0.3, 0.4) is 0 Å². The van der Waals surface area contributed by atoms with Crippen molar-refractivity contribution < 1.29 is 4.79 Å². The SMILES string of the molecule is O=C(c1ccncc1)N1CCCC1c1cccc(Cc2ccc(Cl)cc2)n1. The Bertz CT molecular complexity index is 928. The van der Waals surface area contributed by atoms with Crippen molar-refractivity contribution in [2.75, 3.05) is 6.54 Å². The van der Waals surface area contributed by atoms with Crippen molar-refractivity contribution >= 4 is 17.5 Å². The summed E-state index contributed by atoms with van der Waals surface area (Å²) in [6.07, 6.45) is 5.99. The Labute approximate surface area is 163 Å². The standard InChI is InChI=1S/C22H20ClN3O/c23-18-8-6-16(7-9-18)15-19-3-1-4-20(25-19)21-5-2-14-26(21)22(27)17-10-12-24-13-11-17/h1,3-4,6-13,21H,2,5,14-15H2. The molecule has 3 heterocycles. The van der Waals surface area contributed by atoms with Crippen LogP contribution in [0.15, 0.2) is 67.0 Å². The molecule has 0 radical (unpaired) electrons. The van der Waals surface area contributed by atoms with Gasteiger partial charge in [-0.1, -0.05) is 29.8 Å². The van der Waals surface area contributed by atoms with Gasteiger partial charge < -0.3 is 4.90 Å². The Balaban J connectivity index is 1.55. The minimum Gasteiger partial charge on any atom is -0.330 e. The van der Waals surface area contributed by atoms with Crippen molar-refractivity contribution in [2.24, 2.45) is 0 Å². The fourth-order valence-corrected chi connectivity index (χ4v) is 3.70. The van der Waals surface area contributed by atoms with Gasteiger partial charge in [-0.05, 0) is 54.8 Å². The first-order valence-electron chi connectivity index (χ1n) is 9.12. The normalized spacial score (nSPS) is 16.5. The second kappa shape index (κ2) is 7.89. The lowest BCUT2D eigenvalue weighted by Crippen LogP contribution is -2.31. The Hall–Kier alpha value is -2.72. The first kappa shape index (κ1) is 17.7. The fraction of sp³-hybridized carbons (Fsp3) is 0.227. The second-order valence-corrected chi connectivity index (χ2v) is 7.19. The van der Waals surface area contributed by atoms with Gasteiger partial charge in [-0.25, -0.2) is 0 Å². The van der Waals surface area contributed by atoms with E-state index in [1.807, 2.05) is 47.4 Å². The van der Waals surface area contributed by atoms with E-state index < -0.39 is 0 Å². The topological polar surface area (TPSA) is 46.1 Å². The summed E-state index contributed by atoms with van der Waals surface area (Å²) in [5.74, 6) is 0.0461. The molecule has 1 unspecified atom stereocenters. The number of benzene rings is 1. The molecule has 4 rings (SSSR count). The van der Waals surface area contributed by atoms with E-state index in [4.69, 9.17) is 16.6 Å². The number of carbonyl (C=O) groups is 1. The number of amides is 1. The Morgan fingerprint density at radius 3 is 2.63 bits per heavy atom. The number of carbonyl (C=O) groups excluding carboxylic acids is 1. The fourth-order valence-electron chi connectivity index (χ4n) is 3.57. The molecule has 1 aromatic carbocycles. The summed E-state index contributed by atoms with van der Waals surface area (Å²) in [4.78, 5) is 23.7. The summed E-state index contributed by atoms with van der Waals surface area (Å²) < 4.78 is 0. The minimum atomic E-state index is 0.0239. The van der Waals surface area contributed by atoms with Gasteiger partial charge in [0.2, 0.25) is 0 Å². The van der Waals surface area contributed by atoms with Crippen molar-refractivity contribution in [1.29, 1.82) is 0 Å². The zero-order valence-electron chi connectivity index (χ0n) is 14.9. The zero-order valence-corrected chi connectivity index (χ0v) is 15.6. The zero-order chi connectivity index (χ0) is 18.6. The first-order chi connectivity index (χ1) is 13.2. The lowest BCUT2D eigenvalue weighted by Gasteiger charge is -2.24. The van der Waals surface area contributed by atoms with Crippen molar-refractivity contribution in [1.82, 2.24) is 14.9 Å². The van der Waals surface area contributed by atoms with Crippen LogP contribution in [0.4, 0.5) is 0 Å². The van der Waals surface area contributed by atoms with E-state index in [-0.39, 0.29) is 11.9 Å². The number of hydrogen-bond acceptors (Lipinski definition) is 3. The van der Waals surface area contributed by atoms with Crippen LogP contribution in [-0.4, -0.2) is 27.3 Å². The summed E-state index contributed by atoms with van der Waals surface area (Å²) in [5, 5.41) is 0.733. The van der Waals surface area contributed by atoms with E-state index in [0.29, 0.717) is 5.56 Å². The maximum absolute atomic E-state index is 12.9. The van der Waals surface area contributed by atoms with Crippen molar-refractivity contribution in [3.63, 3.8) is 0 Å². The van der Waals surface area contributed by atoms with E-state index in [0.717, 1.165) is 42.2 Å². The van der Waals surface area contributed by atoms with Gasteiger partial charge in [0.05, 0.1) is 11.7 Å². The first-order valence-corrected chi connectivity index (χ1v) is 9.50. The molecule has 4 nitrogen and oxygen atoms in total. The summed E-state index contributed by atoms with van der Waals surface area (Å²) in [6.45, 7) is 0.759. The third-order valence-electron chi connectivity index (χ3n) is 4.91. The molecule has 3 aromatic rings. The average molecular weight is 378 g/mol. The number of likely N-dealkylation sites (tertiary alicyclic amines) is 1. The summed E-state index contributed by atoms with van der Waals surface area (Å²) >= 11 is 5.97. The van der Waals surface area contributed by atoms with E-state index in [2.05, 4.69) is 4.98 Å². The highest BCUT2D eigenvalue weighted by atomic mass is 35.5. The molecule has 0 saturated carbocycles. The molecule has 5 heteroatoms. The molecule has 0 N–H and O–H groups in total. The van der Waals surface area contributed by atoms with Crippen LogP contribution in [0.5, 0.6) is 0 Å². The van der Waals surface area contributed by atoms with Crippen LogP contribution in [-0.2, 0) is 6.42 Å². The highest BCUT2D eigenvalue weighted by molar-refractivity contribution is 6.30. The van der Waals surface area contributed by atoms with Crippen molar-refractivity contribution in [2.45, 2.75) is 25.3 Å². The van der Waals surface area contributed by atoms with Gasteiger partial charge >= 0.3 is 0 Å². The van der Waals surface area contributed by atoms with E-state index in [9.17, 15) is 4.79 Å². The van der Waals surface area contributed by atoms with Gasteiger partial charge in [0.1, 0.15) is 0 Å². The smallest absolute Gasteiger partial charge is 0.254 e. The number of halogens is 1. The van der Waals surface area contributed by atoms with E-state index in [1.165, 1.54) is 5.56 Å². The molecular formula is C22H20ClN3O. The second-order valence-electron chi connectivity index (χ2n) is 6.75. The highest BCUT2D eigenvalue weighted by Crippen LogP contribution is 2.32. The maximum Gasteiger partial charge on any atom is 0.254 e. The van der Waals surface area contributed by atoms with Crippen molar-refractivity contribution in [3.8, 4) is 0 Å². The molecule has 0 bridgehead atoms. The largest absolute Gasteiger partial charge is 0.330 e. The molecule has 0 spiro atoms. The van der Waals surface area contributed by atoms with Gasteiger partial charge in [-0.3, -0.25) is 14.8 Å². The predicted molar refractivity (Wildman–Crippen MR) is 106 cm³/mol. The quantitative estimate of drug-likeness (QED) is 0.662. The van der Waals surface area contributed by atoms with Crippen molar-refractivity contribution in [3.05, 3.63) is 94.5 Å². The van der Waals surface area contributed by atoms with Crippen LogP contribution in [0.25, 0.3) is 0 Å². The van der Waals surface area contributed by atoms with Crippen LogP contribution < -0.4 is 0 Å². The van der Waals surface area contributed by atoms with E-state index in [1.54, 1.807) is 24.5 Å². The number of hydrogen-bond donors (Lipinski definition) is 0. The molecule has 136 valence electrons. The molecule has 1 amide bonds. The van der Waals surface area contributed by atoms with Gasteiger partial charge in [0.15, 0.2) is 0 Å². The van der Waals surface area contributed by atoms with Gasteiger partial charge in [0, 0.05) is 41.6 Å². The monoisotopic (exact) mass is 377 g/mol. The minimum absolute atomic E-state index is 0.0239. The molecular weight excluding hydrogens is 358 g/mol. The van der Waals surface area contributed by atoms with Gasteiger partial charge in [0.25, 0.3) is 5.91 Å². The molecule has 1 fully saturated rings. The molecule has 27 heavy (non-hydrogen) atoms. The van der Waals surface area contributed by atoms with Crippen LogP contribution in [0.2, 0.25) is 5.02 Å². The maximum atomic E-state index is 12.9. The average Bonchev–Trinajstić information content (AvgIpc) is 3.20. The molecule has 1 aliphatic heterocycles. The van der Waals surface area contributed by atoms with Crippen LogP contribution >= 0.6 is 11.6 Å². The number of aromatic nitrogens is 2. The Morgan fingerprint density at radius 2 is 1.85 bits per heavy atom. The third kappa shape index (κ3) is 4.01. The summed E-state index contributed by atoms with van der Waals surface area (Å²) in [7, 11) is 0. The molecule has 1 atom stereocenters. The third-order valence-corrected chi connectivity index (χ3v) is 5.16. The van der Waals surface area contributed by atoms with Gasteiger partial charge in [-0.15, -0.1) is 0 Å². The molecule has 0 aliphatic carbocycles. The lowest BCUT2D eigenvalue weighted by atomic mass is 10.1. The van der Waals surface area contributed by atoms with Gasteiger partial charge in [-0.2, -0.15) is 0 Å². The summed E-state index contributed by atoms with van der Waals surface area (Å²) in [6, 6.07) is 17.5. The Morgan fingerprint density at radius 1 is 1.07 bits per heavy atom. The Kier molecular flexibility index (Phi) is 5.16. The molecule has 2 aromatic heterocycles.